The molecule has 1 atom stereocenters. The molecule has 0 radical (unpaired) electrons. The summed E-state index contributed by atoms with van der Waals surface area (Å²) in [7, 11) is 0. The molecule has 98 valence electrons. The normalized spacial score (nSPS) is 19.1. The summed E-state index contributed by atoms with van der Waals surface area (Å²) in [5.74, 6) is 2.54. The van der Waals surface area contributed by atoms with E-state index in [-0.39, 0.29) is 0 Å². The Morgan fingerprint density at radius 2 is 1.74 bits per heavy atom. The zero-order valence-electron chi connectivity index (χ0n) is 11.0. The fourth-order valence-electron chi connectivity index (χ4n) is 2.55. The molecule has 0 bridgehead atoms. The lowest BCUT2D eigenvalue weighted by Crippen LogP contribution is -2.25. The van der Waals surface area contributed by atoms with Gasteiger partial charge in [-0.05, 0) is 30.2 Å². The summed E-state index contributed by atoms with van der Waals surface area (Å²) in [6.45, 7) is 0. The highest BCUT2D eigenvalue weighted by molar-refractivity contribution is 7.99. The minimum atomic E-state index is 0.614. The van der Waals surface area contributed by atoms with Crippen molar-refractivity contribution in [3.05, 3.63) is 54.6 Å². The molecule has 0 aliphatic carbocycles. The summed E-state index contributed by atoms with van der Waals surface area (Å²) >= 11 is 2.06. The first-order valence-electron chi connectivity index (χ1n) is 6.92. The highest BCUT2D eigenvalue weighted by atomic mass is 32.2. The number of thioether (sulfide) groups is 1. The van der Waals surface area contributed by atoms with Gasteiger partial charge in [0.15, 0.2) is 0 Å². The molecule has 2 aromatic carbocycles. The van der Waals surface area contributed by atoms with E-state index in [0.29, 0.717) is 6.04 Å². The first kappa shape index (κ1) is 12.6. The predicted octanol–water partition coefficient (Wildman–Crippen LogP) is 4.66. The second-order valence-electron chi connectivity index (χ2n) is 4.97. The third kappa shape index (κ3) is 3.13. The third-order valence-electron chi connectivity index (χ3n) is 3.53. The molecule has 0 saturated carbocycles. The molecule has 3 rings (SSSR count). The molecular formula is C17H19NS. The van der Waals surface area contributed by atoms with E-state index in [1.54, 1.807) is 0 Å². The second-order valence-corrected chi connectivity index (χ2v) is 6.12. The molecule has 1 aliphatic rings. The van der Waals surface area contributed by atoms with Crippen molar-refractivity contribution < 1.29 is 0 Å². The minimum Gasteiger partial charge on any atom is -0.381 e. The molecular weight excluding hydrogens is 250 g/mol. The Morgan fingerprint density at radius 3 is 2.53 bits per heavy atom. The molecule has 1 heterocycles. The lowest BCUT2D eigenvalue weighted by Gasteiger charge is -2.25. The van der Waals surface area contributed by atoms with E-state index in [1.807, 2.05) is 0 Å². The van der Waals surface area contributed by atoms with E-state index in [1.165, 1.54) is 41.2 Å². The van der Waals surface area contributed by atoms with Gasteiger partial charge in [0, 0.05) is 23.0 Å². The summed E-state index contributed by atoms with van der Waals surface area (Å²) < 4.78 is 0. The van der Waals surface area contributed by atoms with E-state index < -0.39 is 0 Å². The Labute approximate surface area is 119 Å². The molecule has 0 amide bonds. The highest BCUT2D eigenvalue weighted by Crippen LogP contribution is 2.29. The Kier molecular flexibility index (Phi) is 4.09. The molecule has 0 aromatic heterocycles. The number of hydrogen-bond acceptors (Lipinski definition) is 2. The Morgan fingerprint density at radius 1 is 0.947 bits per heavy atom. The van der Waals surface area contributed by atoms with Crippen LogP contribution in [-0.4, -0.2) is 17.5 Å². The van der Waals surface area contributed by atoms with Crippen molar-refractivity contribution in [2.45, 2.75) is 18.9 Å². The molecule has 1 fully saturated rings. The first-order chi connectivity index (χ1) is 9.43. The van der Waals surface area contributed by atoms with Gasteiger partial charge in [0.05, 0.1) is 0 Å². The SMILES string of the molecule is c1ccc(-c2ccccc2NC2CCCSC2)cc1. The summed E-state index contributed by atoms with van der Waals surface area (Å²) in [4.78, 5) is 0. The zero-order valence-corrected chi connectivity index (χ0v) is 11.8. The lowest BCUT2D eigenvalue weighted by atomic mass is 10.0. The fourth-order valence-corrected chi connectivity index (χ4v) is 3.62. The van der Waals surface area contributed by atoms with Crippen LogP contribution in [0.5, 0.6) is 0 Å². The van der Waals surface area contributed by atoms with Crippen LogP contribution in [0, 0.1) is 0 Å². The largest absolute Gasteiger partial charge is 0.381 e. The summed E-state index contributed by atoms with van der Waals surface area (Å²) in [6, 6.07) is 19.9. The molecule has 1 N–H and O–H groups in total. The number of anilines is 1. The van der Waals surface area contributed by atoms with Crippen LogP contribution in [-0.2, 0) is 0 Å². The van der Waals surface area contributed by atoms with Gasteiger partial charge >= 0.3 is 0 Å². The van der Waals surface area contributed by atoms with Crippen molar-refractivity contribution in [3.63, 3.8) is 0 Å². The van der Waals surface area contributed by atoms with Crippen LogP contribution in [0.15, 0.2) is 54.6 Å². The summed E-state index contributed by atoms with van der Waals surface area (Å²) in [5, 5.41) is 3.73. The average Bonchev–Trinajstić information content (AvgIpc) is 2.50. The molecule has 19 heavy (non-hydrogen) atoms. The van der Waals surface area contributed by atoms with Gasteiger partial charge in [-0.15, -0.1) is 0 Å². The monoisotopic (exact) mass is 269 g/mol. The van der Waals surface area contributed by atoms with Crippen LogP contribution in [0.2, 0.25) is 0 Å². The number of nitrogens with one attached hydrogen (secondary N) is 1. The van der Waals surface area contributed by atoms with Gasteiger partial charge in [0.1, 0.15) is 0 Å². The third-order valence-corrected chi connectivity index (χ3v) is 4.75. The van der Waals surface area contributed by atoms with Gasteiger partial charge in [0.25, 0.3) is 0 Å². The maximum atomic E-state index is 3.73. The van der Waals surface area contributed by atoms with E-state index in [9.17, 15) is 0 Å². The zero-order chi connectivity index (χ0) is 12.9. The Hall–Kier alpha value is -1.41. The quantitative estimate of drug-likeness (QED) is 0.869. The summed E-state index contributed by atoms with van der Waals surface area (Å²) in [5.41, 5.74) is 3.86. The predicted molar refractivity (Wildman–Crippen MR) is 85.8 cm³/mol. The van der Waals surface area contributed by atoms with Gasteiger partial charge in [-0.2, -0.15) is 11.8 Å². The molecule has 0 spiro atoms. The van der Waals surface area contributed by atoms with Gasteiger partial charge < -0.3 is 5.32 Å². The van der Waals surface area contributed by atoms with Crippen molar-refractivity contribution in [2.75, 3.05) is 16.8 Å². The van der Waals surface area contributed by atoms with E-state index in [0.717, 1.165) is 0 Å². The standard InChI is InChI=1S/C17H19NS/c1-2-7-14(8-3-1)16-10-4-5-11-17(16)18-15-9-6-12-19-13-15/h1-5,7-8,10-11,15,18H,6,9,12-13H2. The Bertz CT molecular complexity index is 518. The van der Waals surface area contributed by atoms with E-state index in [2.05, 4.69) is 71.7 Å². The van der Waals surface area contributed by atoms with Crippen LogP contribution in [0.1, 0.15) is 12.8 Å². The lowest BCUT2D eigenvalue weighted by molar-refractivity contribution is 0.685. The van der Waals surface area contributed by atoms with Crippen molar-refractivity contribution in [3.8, 4) is 11.1 Å². The number of benzene rings is 2. The minimum absolute atomic E-state index is 0.614. The maximum Gasteiger partial charge on any atom is 0.0422 e. The van der Waals surface area contributed by atoms with Crippen LogP contribution in [0.4, 0.5) is 5.69 Å². The number of rotatable bonds is 3. The van der Waals surface area contributed by atoms with Gasteiger partial charge in [-0.1, -0.05) is 48.5 Å². The molecule has 1 unspecified atom stereocenters. The van der Waals surface area contributed by atoms with Gasteiger partial charge in [0.2, 0.25) is 0 Å². The van der Waals surface area contributed by atoms with E-state index in [4.69, 9.17) is 0 Å². The highest BCUT2D eigenvalue weighted by Gasteiger charge is 2.14. The number of para-hydroxylation sites is 1. The number of hydrogen-bond donors (Lipinski definition) is 1. The topological polar surface area (TPSA) is 12.0 Å². The van der Waals surface area contributed by atoms with Crippen molar-refractivity contribution in [2.24, 2.45) is 0 Å². The second kappa shape index (κ2) is 6.16. The fraction of sp³-hybridized carbons (Fsp3) is 0.294. The van der Waals surface area contributed by atoms with Crippen molar-refractivity contribution in [1.29, 1.82) is 0 Å². The molecule has 1 aliphatic heterocycles. The molecule has 2 heteroatoms. The van der Waals surface area contributed by atoms with E-state index >= 15 is 0 Å². The van der Waals surface area contributed by atoms with Crippen molar-refractivity contribution >= 4 is 17.4 Å². The van der Waals surface area contributed by atoms with Crippen LogP contribution in [0.25, 0.3) is 11.1 Å². The maximum absolute atomic E-state index is 3.73. The van der Waals surface area contributed by atoms with Gasteiger partial charge in [-0.3, -0.25) is 0 Å². The molecule has 1 saturated heterocycles. The molecule has 1 nitrogen and oxygen atoms in total. The average molecular weight is 269 g/mol. The smallest absolute Gasteiger partial charge is 0.0422 e. The summed E-state index contributed by atoms with van der Waals surface area (Å²) in [6.07, 6.45) is 2.62. The van der Waals surface area contributed by atoms with Crippen LogP contribution in [0.3, 0.4) is 0 Å². The Balaban J connectivity index is 1.85. The van der Waals surface area contributed by atoms with Crippen LogP contribution >= 0.6 is 11.8 Å². The first-order valence-corrected chi connectivity index (χ1v) is 8.08. The molecule has 2 aromatic rings. The van der Waals surface area contributed by atoms with Crippen molar-refractivity contribution in [1.82, 2.24) is 0 Å². The van der Waals surface area contributed by atoms with Gasteiger partial charge in [-0.25, -0.2) is 0 Å². The van der Waals surface area contributed by atoms with Crippen LogP contribution < -0.4 is 5.32 Å².